The first-order valence-corrected chi connectivity index (χ1v) is 13.5. The smallest absolute Gasteiger partial charge is 0.266 e. The van der Waals surface area contributed by atoms with Gasteiger partial charge in [-0.05, 0) is 95.7 Å². The number of ether oxygens (including phenoxy) is 1. The molecule has 0 aliphatic rings. The van der Waals surface area contributed by atoms with Gasteiger partial charge in [-0.2, -0.15) is 5.26 Å². The molecule has 1 N–H and O–H groups in total. The van der Waals surface area contributed by atoms with Gasteiger partial charge in [-0.25, -0.2) is 0 Å². The number of nitriles is 1. The lowest BCUT2D eigenvalue weighted by atomic mass is 10.0. The van der Waals surface area contributed by atoms with Crippen molar-refractivity contribution in [1.29, 1.82) is 5.26 Å². The van der Waals surface area contributed by atoms with Crippen molar-refractivity contribution in [2.24, 2.45) is 0 Å². The van der Waals surface area contributed by atoms with Crippen LogP contribution in [0.4, 0.5) is 5.69 Å². The van der Waals surface area contributed by atoms with Gasteiger partial charge in [0.2, 0.25) is 0 Å². The number of carbonyl (C=O) groups is 1. The van der Waals surface area contributed by atoms with Crippen LogP contribution in [0.25, 0.3) is 27.6 Å². The van der Waals surface area contributed by atoms with Crippen molar-refractivity contribution in [3.8, 4) is 11.8 Å². The summed E-state index contributed by atoms with van der Waals surface area (Å²) in [6.07, 6.45) is 1.60. The maximum absolute atomic E-state index is 13.2. The fourth-order valence-corrected chi connectivity index (χ4v) is 6.03. The summed E-state index contributed by atoms with van der Waals surface area (Å²) in [5, 5.41) is 17.0. The second kappa shape index (κ2) is 11.2. The Hall–Kier alpha value is -3.92. The molecule has 0 bridgehead atoms. The van der Waals surface area contributed by atoms with Crippen LogP contribution in [0.1, 0.15) is 16.7 Å². The van der Waals surface area contributed by atoms with Gasteiger partial charge < -0.3 is 10.1 Å². The molecule has 4 nitrogen and oxygen atoms in total. The molecule has 0 fully saturated rings. The Morgan fingerprint density at radius 3 is 2.24 bits per heavy atom. The van der Waals surface area contributed by atoms with E-state index >= 15 is 0 Å². The highest BCUT2D eigenvalue weighted by atomic mass is 79.9. The van der Waals surface area contributed by atoms with E-state index in [4.69, 9.17) is 4.74 Å². The van der Waals surface area contributed by atoms with Crippen LogP contribution in [0.5, 0.6) is 5.75 Å². The summed E-state index contributed by atoms with van der Waals surface area (Å²) in [5.74, 6) is 0.0839. The van der Waals surface area contributed by atoms with Gasteiger partial charge >= 0.3 is 0 Å². The summed E-state index contributed by atoms with van der Waals surface area (Å²) in [7, 11) is 0. The van der Waals surface area contributed by atoms with Crippen LogP contribution in [0, 0.1) is 18.3 Å². The van der Waals surface area contributed by atoms with Gasteiger partial charge in [-0.1, -0.05) is 72.8 Å². The van der Waals surface area contributed by atoms with Gasteiger partial charge in [0.15, 0.2) is 0 Å². The molecule has 186 valence electrons. The molecular weight excluding hydrogens is 604 g/mol. The fourth-order valence-electron chi connectivity index (χ4n) is 4.42. The van der Waals surface area contributed by atoms with E-state index < -0.39 is 5.91 Å². The number of carbonyl (C=O) groups excluding carboxylic acids is 1. The van der Waals surface area contributed by atoms with E-state index in [1.807, 2.05) is 79.7 Å². The van der Waals surface area contributed by atoms with Gasteiger partial charge in [-0.15, -0.1) is 0 Å². The lowest BCUT2D eigenvalue weighted by Crippen LogP contribution is -2.14. The zero-order valence-corrected chi connectivity index (χ0v) is 23.6. The first-order valence-electron chi connectivity index (χ1n) is 11.9. The molecule has 5 aromatic rings. The summed E-state index contributed by atoms with van der Waals surface area (Å²) < 4.78 is 7.78. The Labute approximate surface area is 237 Å². The van der Waals surface area contributed by atoms with Crippen molar-refractivity contribution in [3.05, 3.63) is 122 Å². The fraction of sp³-hybridized carbons (Fsp3) is 0.0625. The molecule has 38 heavy (non-hydrogen) atoms. The van der Waals surface area contributed by atoms with E-state index in [0.717, 1.165) is 41.6 Å². The van der Waals surface area contributed by atoms with Crippen molar-refractivity contribution in [3.63, 3.8) is 0 Å². The molecule has 5 aromatic carbocycles. The highest BCUT2D eigenvalue weighted by molar-refractivity contribution is 9.11. The van der Waals surface area contributed by atoms with E-state index in [1.165, 1.54) is 0 Å². The molecule has 0 atom stereocenters. The molecule has 0 spiro atoms. The molecule has 0 saturated heterocycles. The van der Waals surface area contributed by atoms with Crippen molar-refractivity contribution in [1.82, 2.24) is 0 Å². The summed E-state index contributed by atoms with van der Waals surface area (Å²) >= 11 is 7.00. The number of anilines is 1. The third-order valence-corrected chi connectivity index (χ3v) is 7.52. The van der Waals surface area contributed by atoms with Crippen LogP contribution in [0.15, 0.2) is 106 Å². The number of fused-ring (bicyclic) bond motifs is 2. The normalized spacial score (nSPS) is 11.4. The van der Waals surface area contributed by atoms with E-state index in [1.54, 1.807) is 6.08 Å². The number of hydrogen-bond acceptors (Lipinski definition) is 3. The van der Waals surface area contributed by atoms with Crippen molar-refractivity contribution < 1.29 is 9.53 Å². The average molecular weight is 626 g/mol. The SMILES string of the molecule is Cc1cc(Br)c(NC(=O)/C(C#N)=C/c2c(OCc3cccc4ccccc34)ccc3ccccc23)c(Br)c1. The maximum Gasteiger partial charge on any atom is 0.266 e. The van der Waals surface area contributed by atoms with E-state index in [0.29, 0.717) is 23.6 Å². The molecular formula is C32H22Br2N2O2. The Balaban J connectivity index is 1.53. The number of aryl methyl sites for hydroxylation is 1. The average Bonchev–Trinajstić information content (AvgIpc) is 2.92. The Morgan fingerprint density at radius 1 is 0.895 bits per heavy atom. The molecule has 5 rings (SSSR count). The van der Waals surface area contributed by atoms with E-state index in [9.17, 15) is 10.1 Å². The minimum Gasteiger partial charge on any atom is -0.488 e. The topological polar surface area (TPSA) is 62.1 Å². The third-order valence-electron chi connectivity index (χ3n) is 6.27. The standard InChI is InChI=1S/C32H22Br2N2O2/c1-20-15-28(33)31(29(34)16-20)36-32(37)24(18-35)17-27-26-12-5-3-8-22(26)13-14-30(27)38-19-23-10-6-9-21-7-2-4-11-25(21)23/h2-17H,19H2,1H3,(H,36,37)/b24-17+. The first kappa shape index (κ1) is 25.7. The monoisotopic (exact) mass is 624 g/mol. The molecule has 0 heterocycles. The van der Waals surface area contributed by atoms with Crippen molar-refractivity contribution in [2.45, 2.75) is 13.5 Å². The molecule has 0 unspecified atom stereocenters. The van der Waals surface area contributed by atoms with Crippen LogP contribution in [-0.4, -0.2) is 5.91 Å². The number of hydrogen-bond donors (Lipinski definition) is 1. The number of amides is 1. The Kier molecular flexibility index (Phi) is 7.59. The summed E-state index contributed by atoms with van der Waals surface area (Å²) in [6.45, 7) is 2.31. The summed E-state index contributed by atoms with van der Waals surface area (Å²) in [5.41, 5.74) is 3.29. The largest absolute Gasteiger partial charge is 0.488 e. The second-order valence-corrected chi connectivity index (χ2v) is 10.6. The summed E-state index contributed by atoms with van der Waals surface area (Å²) in [4.78, 5) is 13.2. The highest BCUT2D eigenvalue weighted by Crippen LogP contribution is 2.34. The lowest BCUT2D eigenvalue weighted by molar-refractivity contribution is -0.112. The van der Waals surface area contributed by atoms with Crippen molar-refractivity contribution >= 4 is 71.1 Å². The Morgan fingerprint density at radius 2 is 1.53 bits per heavy atom. The first-order chi connectivity index (χ1) is 18.4. The molecule has 0 aromatic heterocycles. The van der Waals surface area contributed by atoms with Crippen molar-refractivity contribution in [2.75, 3.05) is 5.32 Å². The minimum atomic E-state index is -0.509. The summed E-state index contributed by atoms with van der Waals surface area (Å²) in [6, 6.07) is 31.9. The molecule has 1 amide bonds. The lowest BCUT2D eigenvalue weighted by Gasteiger charge is -2.14. The van der Waals surface area contributed by atoms with Crippen LogP contribution >= 0.6 is 31.9 Å². The predicted molar refractivity (Wildman–Crippen MR) is 161 cm³/mol. The number of benzene rings is 5. The third kappa shape index (κ3) is 5.35. The van der Waals surface area contributed by atoms with Crippen LogP contribution in [-0.2, 0) is 11.4 Å². The van der Waals surface area contributed by atoms with Gasteiger partial charge in [0, 0.05) is 14.5 Å². The second-order valence-electron chi connectivity index (χ2n) is 8.85. The maximum atomic E-state index is 13.2. The van der Waals surface area contributed by atoms with E-state index in [2.05, 4.69) is 61.4 Å². The van der Waals surface area contributed by atoms with Crippen LogP contribution in [0.3, 0.4) is 0 Å². The quantitative estimate of drug-likeness (QED) is 0.151. The molecule has 0 aliphatic heterocycles. The highest BCUT2D eigenvalue weighted by Gasteiger charge is 2.17. The molecule has 0 radical (unpaired) electrons. The molecule has 0 saturated carbocycles. The number of rotatable bonds is 6. The van der Waals surface area contributed by atoms with E-state index in [-0.39, 0.29) is 5.57 Å². The van der Waals surface area contributed by atoms with Crippen LogP contribution in [0.2, 0.25) is 0 Å². The molecule has 6 heteroatoms. The van der Waals surface area contributed by atoms with Gasteiger partial charge in [-0.3, -0.25) is 4.79 Å². The van der Waals surface area contributed by atoms with Gasteiger partial charge in [0.25, 0.3) is 5.91 Å². The Bertz CT molecular complexity index is 1740. The molecule has 0 aliphatic carbocycles. The van der Waals surface area contributed by atoms with Crippen LogP contribution < -0.4 is 10.1 Å². The van der Waals surface area contributed by atoms with Gasteiger partial charge in [0.1, 0.15) is 24.0 Å². The number of halogens is 2. The zero-order chi connectivity index (χ0) is 26.6. The van der Waals surface area contributed by atoms with Gasteiger partial charge in [0.05, 0.1) is 5.69 Å². The minimum absolute atomic E-state index is 0.0317. The number of nitrogens with zero attached hydrogens (tertiary/aromatic N) is 1. The zero-order valence-electron chi connectivity index (χ0n) is 20.5. The number of nitrogens with one attached hydrogen (secondary N) is 1. The predicted octanol–water partition coefficient (Wildman–Crippen LogP) is 8.95.